The molecular formula is C21H16FN5O3. The summed E-state index contributed by atoms with van der Waals surface area (Å²) in [5.41, 5.74) is 0.849. The van der Waals surface area contributed by atoms with Gasteiger partial charge in [0.05, 0.1) is 11.3 Å². The zero-order valence-electron chi connectivity index (χ0n) is 15.6. The molecule has 4 aromatic rings. The van der Waals surface area contributed by atoms with Crippen molar-refractivity contribution in [2.75, 3.05) is 17.2 Å². The number of rotatable bonds is 6. The number of fused-ring (bicyclic) bond motifs is 1. The lowest BCUT2D eigenvalue weighted by molar-refractivity contribution is -0.118. The van der Waals surface area contributed by atoms with Crippen molar-refractivity contribution in [1.29, 1.82) is 0 Å². The van der Waals surface area contributed by atoms with Crippen molar-refractivity contribution >= 4 is 29.1 Å². The number of halogens is 1. The van der Waals surface area contributed by atoms with Crippen LogP contribution in [0, 0.1) is 5.82 Å². The van der Waals surface area contributed by atoms with Gasteiger partial charge in [0.2, 0.25) is 5.95 Å². The van der Waals surface area contributed by atoms with Gasteiger partial charge in [0.15, 0.2) is 12.3 Å². The molecule has 2 aromatic carbocycles. The van der Waals surface area contributed by atoms with Crippen molar-refractivity contribution in [3.63, 3.8) is 0 Å². The third-order valence-electron chi connectivity index (χ3n) is 4.18. The molecule has 0 aliphatic carbocycles. The Morgan fingerprint density at radius 1 is 0.933 bits per heavy atom. The second kappa shape index (κ2) is 8.39. The van der Waals surface area contributed by atoms with Crippen LogP contribution in [0.25, 0.3) is 5.65 Å². The van der Waals surface area contributed by atoms with Crippen molar-refractivity contribution < 1.29 is 18.7 Å². The summed E-state index contributed by atoms with van der Waals surface area (Å²) in [6, 6.07) is 17.6. The van der Waals surface area contributed by atoms with Gasteiger partial charge < -0.3 is 10.1 Å². The number of hydrogen-bond donors (Lipinski definition) is 2. The Hall–Kier alpha value is -4.27. The molecule has 9 heteroatoms. The predicted octanol–water partition coefficient (Wildman–Crippen LogP) is 3.14. The second-order valence-corrected chi connectivity index (χ2v) is 6.22. The fourth-order valence-electron chi connectivity index (χ4n) is 2.77. The van der Waals surface area contributed by atoms with Gasteiger partial charge >= 0.3 is 0 Å². The Bertz CT molecular complexity index is 1220. The summed E-state index contributed by atoms with van der Waals surface area (Å²) in [6.07, 6.45) is 1.72. The molecule has 8 nitrogen and oxygen atoms in total. The van der Waals surface area contributed by atoms with Crippen LogP contribution in [0.1, 0.15) is 10.4 Å². The van der Waals surface area contributed by atoms with Crippen LogP contribution in [-0.4, -0.2) is 33.0 Å². The first kappa shape index (κ1) is 19.1. The number of aromatic nitrogens is 3. The van der Waals surface area contributed by atoms with Crippen molar-refractivity contribution in [2.24, 2.45) is 0 Å². The normalized spacial score (nSPS) is 10.6. The zero-order chi connectivity index (χ0) is 20.9. The van der Waals surface area contributed by atoms with Gasteiger partial charge in [-0.1, -0.05) is 30.3 Å². The molecular weight excluding hydrogens is 389 g/mol. The van der Waals surface area contributed by atoms with Crippen LogP contribution in [0.4, 0.5) is 16.0 Å². The highest BCUT2D eigenvalue weighted by Crippen LogP contribution is 2.20. The Kier molecular flexibility index (Phi) is 5.33. The number of nitrogens with one attached hydrogen (secondary N) is 2. The molecule has 2 amide bonds. The quantitative estimate of drug-likeness (QED) is 0.514. The van der Waals surface area contributed by atoms with Crippen LogP contribution in [-0.2, 0) is 4.79 Å². The molecule has 0 radical (unpaired) electrons. The third-order valence-corrected chi connectivity index (χ3v) is 4.18. The third kappa shape index (κ3) is 4.09. The SMILES string of the molecule is O=C(COc1ccccc1C(=O)Nc1nnc2ccccn12)Nc1ccccc1F. The van der Waals surface area contributed by atoms with Crippen LogP contribution < -0.4 is 15.4 Å². The fraction of sp³-hybridized carbons (Fsp3) is 0.0476. The Morgan fingerprint density at radius 3 is 2.57 bits per heavy atom. The van der Waals surface area contributed by atoms with E-state index in [0.717, 1.165) is 0 Å². The van der Waals surface area contributed by atoms with E-state index >= 15 is 0 Å². The smallest absolute Gasteiger partial charge is 0.262 e. The van der Waals surface area contributed by atoms with Gasteiger partial charge in [0, 0.05) is 6.20 Å². The van der Waals surface area contributed by atoms with E-state index in [4.69, 9.17) is 4.74 Å². The number of carbonyl (C=O) groups excluding carboxylic acids is 2. The maximum Gasteiger partial charge on any atom is 0.262 e. The van der Waals surface area contributed by atoms with E-state index in [9.17, 15) is 14.0 Å². The number of ether oxygens (including phenoxy) is 1. The molecule has 0 saturated carbocycles. The van der Waals surface area contributed by atoms with Gasteiger partial charge in [-0.2, -0.15) is 0 Å². The molecule has 2 heterocycles. The van der Waals surface area contributed by atoms with E-state index in [1.807, 2.05) is 6.07 Å². The van der Waals surface area contributed by atoms with Gasteiger partial charge in [-0.3, -0.25) is 19.3 Å². The van der Waals surface area contributed by atoms with Gasteiger partial charge in [0.25, 0.3) is 11.8 Å². The summed E-state index contributed by atoms with van der Waals surface area (Å²) in [5, 5.41) is 13.0. The average Bonchev–Trinajstić information content (AvgIpc) is 3.17. The Balaban J connectivity index is 1.45. The van der Waals surface area contributed by atoms with Crippen molar-refractivity contribution in [3.8, 4) is 5.75 Å². The van der Waals surface area contributed by atoms with Crippen LogP contribution >= 0.6 is 0 Å². The maximum absolute atomic E-state index is 13.7. The molecule has 2 aromatic heterocycles. The lowest BCUT2D eigenvalue weighted by Gasteiger charge is -2.11. The number of anilines is 2. The summed E-state index contributed by atoms with van der Waals surface area (Å²) < 4.78 is 20.8. The maximum atomic E-state index is 13.7. The Labute approximate surface area is 170 Å². The summed E-state index contributed by atoms with van der Waals surface area (Å²) in [5.74, 6) is -1.13. The lowest BCUT2D eigenvalue weighted by atomic mass is 10.2. The minimum atomic E-state index is -0.557. The zero-order valence-corrected chi connectivity index (χ0v) is 15.6. The van der Waals surface area contributed by atoms with E-state index in [0.29, 0.717) is 5.65 Å². The first-order valence-corrected chi connectivity index (χ1v) is 8.99. The molecule has 4 rings (SSSR count). The minimum absolute atomic E-state index is 0.0517. The van der Waals surface area contributed by atoms with Crippen LogP contribution in [0.2, 0.25) is 0 Å². The fourth-order valence-corrected chi connectivity index (χ4v) is 2.77. The molecule has 0 aliphatic heterocycles. The van der Waals surface area contributed by atoms with Gasteiger partial charge in [0.1, 0.15) is 11.6 Å². The van der Waals surface area contributed by atoms with Crippen molar-refractivity contribution in [1.82, 2.24) is 14.6 Å². The molecule has 0 unspecified atom stereocenters. The average molecular weight is 405 g/mol. The lowest BCUT2D eigenvalue weighted by Crippen LogP contribution is -2.22. The molecule has 0 fully saturated rings. The first-order chi connectivity index (χ1) is 14.6. The number of para-hydroxylation sites is 2. The summed E-state index contributed by atoms with van der Waals surface area (Å²) >= 11 is 0. The molecule has 2 N–H and O–H groups in total. The summed E-state index contributed by atoms with van der Waals surface area (Å²) in [6.45, 7) is -0.396. The van der Waals surface area contributed by atoms with Crippen molar-refractivity contribution in [3.05, 3.63) is 84.3 Å². The molecule has 0 spiro atoms. The van der Waals surface area contributed by atoms with Gasteiger partial charge in [-0.05, 0) is 36.4 Å². The molecule has 0 saturated heterocycles. The highest BCUT2D eigenvalue weighted by molar-refractivity contribution is 6.05. The summed E-state index contributed by atoms with van der Waals surface area (Å²) in [7, 11) is 0. The van der Waals surface area contributed by atoms with E-state index in [2.05, 4.69) is 20.8 Å². The molecule has 0 bridgehead atoms. The molecule has 30 heavy (non-hydrogen) atoms. The van der Waals surface area contributed by atoms with Gasteiger partial charge in [-0.15, -0.1) is 10.2 Å². The molecule has 150 valence electrons. The first-order valence-electron chi connectivity index (χ1n) is 8.99. The number of carbonyl (C=O) groups is 2. The molecule has 0 atom stereocenters. The monoisotopic (exact) mass is 405 g/mol. The standard InChI is InChI=1S/C21H16FN5O3/c22-15-8-2-3-9-16(15)23-19(28)13-30-17-10-4-1-7-14(17)20(29)24-21-26-25-18-11-5-6-12-27(18)21/h1-12H,13H2,(H,23,28)(H,24,26,29). The Morgan fingerprint density at radius 2 is 1.70 bits per heavy atom. The highest BCUT2D eigenvalue weighted by Gasteiger charge is 2.16. The number of hydrogen-bond acceptors (Lipinski definition) is 5. The van der Waals surface area contributed by atoms with Crippen molar-refractivity contribution in [2.45, 2.75) is 0 Å². The second-order valence-electron chi connectivity index (χ2n) is 6.22. The number of nitrogens with zero attached hydrogens (tertiary/aromatic N) is 3. The van der Waals surface area contributed by atoms with E-state index < -0.39 is 24.2 Å². The van der Waals surface area contributed by atoms with E-state index in [1.165, 1.54) is 18.2 Å². The minimum Gasteiger partial charge on any atom is -0.483 e. The van der Waals surface area contributed by atoms with Crippen LogP contribution in [0.5, 0.6) is 5.75 Å². The van der Waals surface area contributed by atoms with Gasteiger partial charge in [-0.25, -0.2) is 4.39 Å². The highest BCUT2D eigenvalue weighted by atomic mass is 19.1. The van der Waals surface area contributed by atoms with Crippen LogP contribution in [0.3, 0.4) is 0 Å². The topological polar surface area (TPSA) is 97.6 Å². The summed E-state index contributed by atoms with van der Waals surface area (Å²) in [4.78, 5) is 24.8. The number of amides is 2. The van der Waals surface area contributed by atoms with Crippen LogP contribution in [0.15, 0.2) is 72.9 Å². The molecule has 0 aliphatic rings. The number of pyridine rings is 1. The number of benzene rings is 2. The van der Waals surface area contributed by atoms with E-state index in [1.54, 1.807) is 53.1 Å². The van der Waals surface area contributed by atoms with E-state index in [-0.39, 0.29) is 22.9 Å². The largest absolute Gasteiger partial charge is 0.483 e. The predicted molar refractivity (Wildman–Crippen MR) is 108 cm³/mol.